The van der Waals surface area contributed by atoms with E-state index in [-0.39, 0.29) is 67.0 Å². The molecule has 12 heteroatoms. The first-order chi connectivity index (χ1) is 56.8. The number of aromatic hydroxyl groups is 6. The predicted molar refractivity (Wildman–Crippen MR) is 522 cm³/mol. The first-order valence-corrected chi connectivity index (χ1v) is 46.6. The van der Waals surface area contributed by atoms with Crippen molar-refractivity contribution in [3.05, 3.63) is 158 Å². The van der Waals surface area contributed by atoms with Gasteiger partial charge < -0.3 is 45.6 Å². The summed E-state index contributed by atoms with van der Waals surface area (Å²) in [4.78, 5) is 29.6. The van der Waals surface area contributed by atoms with Gasteiger partial charge in [-0.05, 0) is 230 Å². The van der Waals surface area contributed by atoms with E-state index in [1.165, 1.54) is 0 Å². The van der Waals surface area contributed by atoms with Gasteiger partial charge in [0.15, 0.2) is 0 Å². The molecule has 3 aromatic heterocycles. The molecule has 123 heavy (non-hydrogen) atoms. The van der Waals surface area contributed by atoms with Crippen LogP contribution in [0.1, 0.15) is 393 Å². The normalized spacial score (nSPS) is 13.5. The molecule has 0 aliphatic rings. The van der Waals surface area contributed by atoms with Gasteiger partial charge in [-0.25, -0.2) is 15.0 Å². The van der Waals surface area contributed by atoms with Crippen LogP contribution in [0.25, 0.3) is 102 Å². The maximum absolute atomic E-state index is 13.5. The number of phenolic OH excluding ortho intramolecular Hbond substituents is 6. The molecule has 0 radical (unpaired) electrons. The zero-order valence-corrected chi connectivity index (χ0v) is 82.7. The van der Waals surface area contributed by atoms with Crippen LogP contribution >= 0.6 is 0 Å². The SMILES string of the molecule is CCC(C)(C)c1cc(-c2nc(-c3cc(-c4nc(-c5cc(C(C)(C)CC)cc(C(C)(C)CC)c5O)c(-c5cc(C(C)(C)CC)cc(C(C)(C)CC)c5O)[nH]4)cc(-c4nc(-c5cc(C(C)(C)CC)cc(C(C)(C)CC)c5O)c(-c5cc(C(C)(C)CC)cc(C(C)(C)CC)c5O)[nH]4)c3)[nH]c2-c2cc(C(C)(C)CC)cc(C(C)(C)CC)c2O)c(O)c(C(C)(C)CC)c1. The van der Waals surface area contributed by atoms with Crippen molar-refractivity contribution in [1.29, 1.82) is 0 Å². The molecule has 10 aromatic rings. The number of imidazole rings is 3. The zero-order valence-electron chi connectivity index (χ0n) is 82.7. The first kappa shape index (κ1) is 96.2. The summed E-state index contributed by atoms with van der Waals surface area (Å²) in [6, 6.07) is 32.1. The van der Waals surface area contributed by atoms with Gasteiger partial charge in [0, 0.05) is 83.5 Å². The Morgan fingerprint density at radius 3 is 0.480 bits per heavy atom. The van der Waals surface area contributed by atoms with Crippen molar-refractivity contribution in [2.45, 2.75) is 391 Å². The van der Waals surface area contributed by atoms with Crippen LogP contribution in [0.4, 0.5) is 0 Å². The van der Waals surface area contributed by atoms with Crippen molar-refractivity contribution >= 4 is 0 Å². The molecular formula is C111H156N6O6. The fourth-order valence-corrected chi connectivity index (χ4v) is 16.5. The highest BCUT2D eigenvalue weighted by atomic mass is 16.3. The number of aromatic nitrogens is 6. The molecule has 0 aliphatic heterocycles. The van der Waals surface area contributed by atoms with Crippen molar-refractivity contribution < 1.29 is 30.6 Å². The molecule has 3 heterocycles. The molecule has 0 atom stereocenters. The third kappa shape index (κ3) is 17.9. The molecule has 0 amide bonds. The Morgan fingerprint density at radius 2 is 0.333 bits per heavy atom. The van der Waals surface area contributed by atoms with E-state index in [9.17, 15) is 30.6 Å². The number of nitrogens with zero attached hydrogens (tertiary/aromatic N) is 3. The van der Waals surface area contributed by atoms with Crippen LogP contribution in [0.3, 0.4) is 0 Å². The van der Waals surface area contributed by atoms with E-state index < -0.39 is 32.5 Å². The van der Waals surface area contributed by atoms with Crippen molar-refractivity contribution in [3.63, 3.8) is 0 Å². The van der Waals surface area contributed by atoms with Crippen LogP contribution in [0, 0.1) is 0 Å². The maximum Gasteiger partial charge on any atom is 0.138 e. The summed E-state index contributed by atoms with van der Waals surface area (Å²) in [5.74, 6) is 1.90. The molecule has 0 spiro atoms. The van der Waals surface area contributed by atoms with E-state index in [1.54, 1.807) is 0 Å². The van der Waals surface area contributed by atoms with Gasteiger partial charge in [-0.15, -0.1) is 0 Å². The lowest BCUT2D eigenvalue weighted by molar-refractivity contribution is 0.425. The number of nitrogens with one attached hydrogen (secondary N) is 3. The Balaban J connectivity index is 1.51. The molecule has 666 valence electrons. The minimum atomic E-state index is -0.486. The number of hydrogen-bond donors (Lipinski definition) is 9. The summed E-state index contributed by atoms with van der Waals surface area (Å²) in [5, 5.41) is 81.2. The largest absolute Gasteiger partial charge is 0.507 e. The van der Waals surface area contributed by atoms with E-state index in [0.29, 0.717) is 102 Å². The van der Waals surface area contributed by atoms with E-state index in [4.69, 9.17) is 15.0 Å². The Labute approximate surface area is 741 Å². The molecule has 10 rings (SSSR count). The molecule has 0 saturated carbocycles. The summed E-state index contributed by atoms with van der Waals surface area (Å²) in [6.07, 6.45) is 9.30. The second kappa shape index (κ2) is 34.0. The molecule has 0 saturated heterocycles. The van der Waals surface area contributed by atoms with Gasteiger partial charge in [0.1, 0.15) is 69.1 Å². The Morgan fingerprint density at radius 1 is 0.195 bits per heavy atom. The fourth-order valence-electron chi connectivity index (χ4n) is 16.5. The number of phenols is 6. The lowest BCUT2D eigenvalue weighted by atomic mass is 9.74. The van der Waals surface area contributed by atoms with Gasteiger partial charge in [0.25, 0.3) is 0 Å². The van der Waals surface area contributed by atoms with Crippen LogP contribution in [-0.2, 0) is 65.0 Å². The van der Waals surface area contributed by atoms with Gasteiger partial charge in [0.2, 0.25) is 0 Å². The van der Waals surface area contributed by atoms with Crippen LogP contribution < -0.4 is 0 Å². The zero-order chi connectivity index (χ0) is 92.1. The van der Waals surface area contributed by atoms with Crippen LogP contribution in [0.5, 0.6) is 34.5 Å². The molecular weight excluding hydrogens is 1510 g/mol. The average molecular weight is 1670 g/mol. The van der Waals surface area contributed by atoms with Crippen LogP contribution in [0.15, 0.2) is 91.0 Å². The fraction of sp³-hybridized carbons (Fsp3) is 0.541. The number of H-pyrrole nitrogens is 3. The number of rotatable bonds is 33. The summed E-state index contributed by atoms with van der Waals surface area (Å²) in [5.41, 5.74) is 14.0. The molecule has 0 unspecified atom stereocenters. The van der Waals surface area contributed by atoms with E-state index in [2.05, 4.69) is 355 Å². The number of benzene rings is 7. The van der Waals surface area contributed by atoms with Gasteiger partial charge in [-0.1, -0.05) is 286 Å². The Kier molecular flexibility index (Phi) is 26.6. The van der Waals surface area contributed by atoms with Crippen LogP contribution in [0.2, 0.25) is 0 Å². The topological polar surface area (TPSA) is 207 Å². The van der Waals surface area contributed by atoms with Gasteiger partial charge in [-0.3, -0.25) is 0 Å². The molecule has 0 fully saturated rings. The van der Waals surface area contributed by atoms with E-state index in [1.807, 2.05) is 0 Å². The van der Waals surface area contributed by atoms with Gasteiger partial charge in [0.05, 0.1) is 17.1 Å². The minimum absolute atomic E-state index is 0.108. The third-order valence-corrected chi connectivity index (χ3v) is 31.8. The average Bonchev–Trinajstić information content (AvgIpc) is 1.63. The highest BCUT2D eigenvalue weighted by Gasteiger charge is 2.41. The van der Waals surface area contributed by atoms with Crippen molar-refractivity contribution in [1.82, 2.24) is 29.9 Å². The van der Waals surface area contributed by atoms with Crippen molar-refractivity contribution in [3.8, 4) is 136 Å². The second-order valence-corrected chi connectivity index (χ2v) is 44.1. The highest BCUT2D eigenvalue weighted by Crippen LogP contribution is 2.57. The maximum atomic E-state index is 13.5. The van der Waals surface area contributed by atoms with Gasteiger partial charge in [-0.2, -0.15) is 0 Å². The molecule has 7 aromatic carbocycles. The van der Waals surface area contributed by atoms with Gasteiger partial charge >= 0.3 is 0 Å². The van der Waals surface area contributed by atoms with Crippen LogP contribution in [-0.4, -0.2) is 60.5 Å². The molecule has 9 N–H and O–H groups in total. The lowest BCUT2D eigenvalue weighted by Gasteiger charge is -2.31. The molecule has 12 nitrogen and oxygen atoms in total. The molecule has 0 aliphatic carbocycles. The van der Waals surface area contributed by atoms with Crippen molar-refractivity contribution in [2.75, 3.05) is 0 Å². The van der Waals surface area contributed by atoms with E-state index >= 15 is 0 Å². The van der Waals surface area contributed by atoms with Crippen molar-refractivity contribution in [2.24, 2.45) is 0 Å². The predicted octanol–water partition coefficient (Wildman–Crippen LogP) is 31.3. The lowest BCUT2D eigenvalue weighted by Crippen LogP contribution is -2.21. The quantitative estimate of drug-likeness (QED) is 0.0191. The summed E-state index contributed by atoms with van der Waals surface area (Å²) in [6.45, 7) is 79.5. The minimum Gasteiger partial charge on any atom is -0.507 e. The smallest absolute Gasteiger partial charge is 0.138 e. The summed E-state index contributed by atoms with van der Waals surface area (Å²) in [7, 11) is 0. The highest BCUT2D eigenvalue weighted by molar-refractivity contribution is 5.93. The summed E-state index contributed by atoms with van der Waals surface area (Å²) < 4.78 is 0. The third-order valence-electron chi connectivity index (χ3n) is 31.8. The number of aromatic amines is 3. The Bertz CT molecular complexity index is 4730. The standard InChI is InChI=1S/C111H156N6O6/c1-37-100(13,14)67-52-73(91(118)79(58-67)106(25,26)43-7)85-86(74-53-68(101(15,16)38-2)59-80(92(74)119)107(27,28)44-8)113-97(112-85)64-49-65(98-114-87(75-54-69(102(17,18)39-3)60-81(93(75)120)108(29,30)45-9)88(115-98)76-55-70(103(19,20)40-4)61-82(94(76)121)109(31,32)46-10)51-66(50-64)99-116-89(77-56-71(104(21,22)41-5)62-83(95(77)122)110(33,34)47-11)90(117-99)78-57-72(105(23,24)42-6)63-84(96(78)123)111(35,36)48-12/h49-63,118-123H,37-48H2,1-36H3,(H,112,113)(H,114,115)(H,116,117). The van der Waals surface area contributed by atoms with E-state index in [0.717, 1.165) is 144 Å². The Hall–Kier alpha value is -9.03. The first-order valence-electron chi connectivity index (χ1n) is 46.6. The number of hydrogen-bond acceptors (Lipinski definition) is 9. The second-order valence-electron chi connectivity index (χ2n) is 44.1. The summed E-state index contributed by atoms with van der Waals surface area (Å²) >= 11 is 0. The monoisotopic (exact) mass is 1670 g/mol. The molecule has 0 bridgehead atoms.